The van der Waals surface area contributed by atoms with Gasteiger partial charge in [0, 0.05) is 12.8 Å². The third kappa shape index (κ3) is 73.0. The predicted octanol–water partition coefficient (Wildman–Crippen LogP) is 26.2. The molecule has 0 saturated carbocycles. The minimum absolute atomic E-state index is 0.0166. The maximum absolute atomic E-state index is 12.6. The molecule has 1 amide bonds. The first-order chi connectivity index (χ1) is 43.0. The molecule has 6 nitrogen and oxygen atoms in total. The summed E-state index contributed by atoms with van der Waals surface area (Å²) in [6, 6.07) is -0.629. The summed E-state index contributed by atoms with van der Waals surface area (Å²) < 4.78 is 5.50. The molecule has 0 aliphatic heterocycles. The summed E-state index contributed by atoms with van der Waals surface area (Å²) in [5, 5.41) is 23.3. The first kappa shape index (κ1) is 85.1. The van der Waals surface area contributed by atoms with Crippen LogP contribution in [0.25, 0.3) is 0 Å². The lowest BCUT2D eigenvalue weighted by Gasteiger charge is -2.20. The molecule has 2 atom stereocenters. The SMILES string of the molecule is CCCCCCCCCCCCCCCCCCCCCCCC/C=C/C(O)C(CO)NC(=O)CCCCCCCCCCCCCCCCC/C=C\C/C=C\CCCCCCCCCCCOC(=O)CCCCCCCCCCCCCCCCC. The Morgan fingerprint density at radius 3 is 0.874 bits per heavy atom. The Balaban J connectivity index is 3.41. The molecule has 514 valence electrons. The number of ether oxygens (including phenoxy) is 1. The summed E-state index contributed by atoms with van der Waals surface area (Å²) in [4.78, 5) is 24.6. The zero-order valence-corrected chi connectivity index (χ0v) is 59.0. The summed E-state index contributed by atoms with van der Waals surface area (Å²) in [5.74, 6) is -0.0459. The van der Waals surface area contributed by atoms with E-state index in [1.54, 1.807) is 6.08 Å². The van der Waals surface area contributed by atoms with E-state index >= 15 is 0 Å². The van der Waals surface area contributed by atoms with Crippen molar-refractivity contribution in [2.75, 3.05) is 13.2 Å². The molecular formula is C81H155NO5. The van der Waals surface area contributed by atoms with Gasteiger partial charge in [-0.25, -0.2) is 0 Å². The maximum Gasteiger partial charge on any atom is 0.305 e. The number of unbranched alkanes of at least 4 members (excludes halogenated alkanes) is 60. The zero-order chi connectivity index (χ0) is 62.8. The number of aliphatic hydroxyl groups excluding tert-OH is 2. The molecule has 0 spiro atoms. The third-order valence-electron chi connectivity index (χ3n) is 18.7. The second-order valence-corrected chi connectivity index (χ2v) is 27.4. The monoisotopic (exact) mass is 1220 g/mol. The average Bonchev–Trinajstić information content (AvgIpc) is 3.58. The van der Waals surface area contributed by atoms with Crippen LogP contribution in [0.4, 0.5) is 0 Å². The van der Waals surface area contributed by atoms with Gasteiger partial charge in [-0.2, -0.15) is 0 Å². The van der Waals surface area contributed by atoms with Gasteiger partial charge in [0.2, 0.25) is 5.91 Å². The number of esters is 1. The molecule has 0 fully saturated rings. The second kappa shape index (κ2) is 76.5. The smallest absolute Gasteiger partial charge is 0.305 e. The molecule has 2 unspecified atom stereocenters. The summed E-state index contributed by atoms with van der Waals surface area (Å²) >= 11 is 0. The van der Waals surface area contributed by atoms with E-state index < -0.39 is 12.1 Å². The minimum atomic E-state index is -0.846. The van der Waals surface area contributed by atoms with Crippen LogP contribution in [0.2, 0.25) is 0 Å². The molecule has 0 bridgehead atoms. The molecule has 0 saturated heterocycles. The molecule has 0 aromatic rings. The van der Waals surface area contributed by atoms with E-state index in [-0.39, 0.29) is 18.5 Å². The largest absolute Gasteiger partial charge is 0.466 e. The highest BCUT2D eigenvalue weighted by atomic mass is 16.5. The number of aliphatic hydroxyl groups is 2. The number of hydrogen-bond donors (Lipinski definition) is 3. The number of rotatable bonds is 75. The molecule has 6 heteroatoms. The first-order valence-electron chi connectivity index (χ1n) is 39.8. The van der Waals surface area contributed by atoms with Crippen molar-refractivity contribution in [2.24, 2.45) is 0 Å². The van der Waals surface area contributed by atoms with Crippen molar-refractivity contribution in [1.29, 1.82) is 0 Å². The Hall–Kier alpha value is -1.92. The van der Waals surface area contributed by atoms with Crippen LogP contribution in [0.3, 0.4) is 0 Å². The van der Waals surface area contributed by atoms with E-state index in [2.05, 4.69) is 43.5 Å². The number of amides is 1. The molecular weight excluding hydrogens is 1070 g/mol. The Morgan fingerprint density at radius 1 is 0.322 bits per heavy atom. The Bertz CT molecular complexity index is 1410. The first-order valence-corrected chi connectivity index (χ1v) is 39.8. The van der Waals surface area contributed by atoms with Crippen LogP contribution >= 0.6 is 0 Å². The molecule has 3 N–H and O–H groups in total. The van der Waals surface area contributed by atoms with Crippen LogP contribution in [0.1, 0.15) is 444 Å². The van der Waals surface area contributed by atoms with E-state index in [9.17, 15) is 19.8 Å². The van der Waals surface area contributed by atoms with E-state index in [4.69, 9.17) is 4.74 Å². The number of nitrogens with one attached hydrogen (secondary N) is 1. The van der Waals surface area contributed by atoms with Crippen LogP contribution < -0.4 is 5.32 Å². The van der Waals surface area contributed by atoms with Gasteiger partial charge in [-0.05, 0) is 64.2 Å². The molecule has 0 rings (SSSR count). The van der Waals surface area contributed by atoms with Crippen LogP contribution in [-0.4, -0.2) is 47.4 Å². The Labute approximate surface area is 544 Å². The van der Waals surface area contributed by atoms with Gasteiger partial charge in [0.05, 0.1) is 25.4 Å². The molecule has 0 heterocycles. The fourth-order valence-corrected chi connectivity index (χ4v) is 12.6. The van der Waals surface area contributed by atoms with Crippen molar-refractivity contribution in [2.45, 2.75) is 456 Å². The number of allylic oxidation sites excluding steroid dienone is 5. The number of carbonyl (C=O) groups is 2. The van der Waals surface area contributed by atoms with Crippen molar-refractivity contribution < 1.29 is 24.5 Å². The highest BCUT2D eigenvalue weighted by Crippen LogP contribution is 2.20. The number of carbonyl (C=O) groups excluding carboxylic acids is 2. The molecule has 0 aromatic carbocycles. The quantitative estimate of drug-likeness (QED) is 0.0320. The lowest BCUT2D eigenvalue weighted by molar-refractivity contribution is -0.143. The van der Waals surface area contributed by atoms with Gasteiger partial charge in [-0.15, -0.1) is 0 Å². The van der Waals surface area contributed by atoms with Gasteiger partial charge in [0.1, 0.15) is 0 Å². The Kier molecular flexibility index (Phi) is 74.8. The normalized spacial score (nSPS) is 12.6. The van der Waals surface area contributed by atoms with E-state index in [1.165, 1.54) is 372 Å². The van der Waals surface area contributed by atoms with Gasteiger partial charge in [0.25, 0.3) is 0 Å². The van der Waals surface area contributed by atoms with Crippen LogP contribution in [-0.2, 0) is 14.3 Å². The summed E-state index contributed by atoms with van der Waals surface area (Å²) in [7, 11) is 0. The lowest BCUT2D eigenvalue weighted by atomic mass is 10.0. The molecule has 0 aliphatic rings. The van der Waals surface area contributed by atoms with E-state index in [0.29, 0.717) is 19.4 Å². The highest BCUT2D eigenvalue weighted by molar-refractivity contribution is 5.76. The van der Waals surface area contributed by atoms with Crippen molar-refractivity contribution >= 4 is 11.9 Å². The van der Waals surface area contributed by atoms with Gasteiger partial charge in [-0.3, -0.25) is 9.59 Å². The molecule has 0 aliphatic carbocycles. The third-order valence-corrected chi connectivity index (χ3v) is 18.7. The number of hydrogen-bond acceptors (Lipinski definition) is 5. The fourth-order valence-electron chi connectivity index (χ4n) is 12.6. The molecule has 87 heavy (non-hydrogen) atoms. The van der Waals surface area contributed by atoms with Crippen LogP contribution in [0.15, 0.2) is 36.5 Å². The summed E-state index contributed by atoms with van der Waals surface area (Å²) in [5.41, 5.74) is 0. The van der Waals surface area contributed by atoms with E-state index in [1.807, 2.05) is 6.08 Å². The van der Waals surface area contributed by atoms with Gasteiger partial charge in [0.15, 0.2) is 0 Å². The molecule has 0 radical (unpaired) electrons. The van der Waals surface area contributed by atoms with Crippen molar-refractivity contribution in [1.82, 2.24) is 5.32 Å². The predicted molar refractivity (Wildman–Crippen MR) is 384 cm³/mol. The van der Waals surface area contributed by atoms with Gasteiger partial charge >= 0.3 is 5.97 Å². The second-order valence-electron chi connectivity index (χ2n) is 27.4. The van der Waals surface area contributed by atoms with Gasteiger partial charge in [-0.1, -0.05) is 403 Å². The fraction of sp³-hybridized carbons (Fsp3) is 0.901. The topological polar surface area (TPSA) is 95.9 Å². The van der Waals surface area contributed by atoms with Crippen molar-refractivity contribution in [3.8, 4) is 0 Å². The van der Waals surface area contributed by atoms with Crippen molar-refractivity contribution in [3.05, 3.63) is 36.5 Å². The van der Waals surface area contributed by atoms with Crippen LogP contribution in [0.5, 0.6) is 0 Å². The van der Waals surface area contributed by atoms with Gasteiger partial charge < -0.3 is 20.3 Å². The summed E-state index contributed by atoms with van der Waals surface area (Å²) in [6.07, 6.45) is 99.8. The average molecular weight is 1220 g/mol. The maximum atomic E-state index is 12.6. The summed E-state index contributed by atoms with van der Waals surface area (Å²) in [6.45, 7) is 4.95. The highest BCUT2D eigenvalue weighted by Gasteiger charge is 2.18. The lowest BCUT2D eigenvalue weighted by Crippen LogP contribution is -2.45. The minimum Gasteiger partial charge on any atom is -0.466 e. The zero-order valence-electron chi connectivity index (χ0n) is 59.0. The van der Waals surface area contributed by atoms with Crippen molar-refractivity contribution in [3.63, 3.8) is 0 Å². The Morgan fingerprint density at radius 2 is 0.575 bits per heavy atom. The standard InChI is InChI=1S/C81H155NO5/c1-3-5-7-9-11-13-15-17-19-20-21-22-23-33-36-39-42-46-49-53-57-61-65-69-73-79(84)78(77-83)82-80(85)74-70-66-62-58-54-50-47-43-40-37-34-31-29-27-25-24-26-28-30-32-35-38-41-44-48-52-56-60-64-68-72-76-87-81(86)75-71-67-63-59-55-51-45-18-16-14-12-10-8-6-4-2/h26,28,32,35,69,73,78-79,83-84H,3-25,27,29-31,33-34,36-68,70-72,74-77H2,1-2H3,(H,82,85)/b28-26-,35-32-,73-69+. The van der Waals surface area contributed by atoms with Crippen LogP contribution in [0, 0.1) is 0 Å². The molecule has 0 aromatic heterocycles. The van der Waals surface area contributed by atoms with E-state index in [0.717, 1.165) is 44.9 Å².